The second-order valence-electron chi connectivity index (χ2n) is 7.56. The zero-order valence-corrected chi connectivity index (χ0v) is 14.4. The van der Waals surface area contributed by atoms with Gasteiger partial charge in [-0.15, -0.1) is 0 Å². The smallest absolute Gasteiger partial charge is 0.241 e. The minimum atomic E-state index is -0.747. The summed E-state index contributed by atoms with van der Waals surface area (Å²) in [5.41, 5.74) is -0.435. The predicted molar refractivity (Wildman–Crippen MR) is 95.2 cm³/mol. The van der Waals surface area contributed by atoms with E-state index in [2.05, 4.69) is 6.07 Å². The van der Waals surface area contributed by atoms with Crippen molar-refractivity contribution in [2.24, 2.45) is 11.8 Å². The zero-order valence-electron chi connectivity index (χ0n) is 14.4. The molecule has 26 heavy (non-hydrogen) atoms. The lowest BCUT2D eigenvalue weighted by molar-refractivity contribution is -0.128. The summed E-state index contributed by atoms with van der Waals surface area (Å²) in [7, 11) is 0. The molecule has 5 nitrogen and oxygen atoms in total. The van der Waals surface area contributed by atoms with E-state index < -0.39 is 23.0 Å². The lowest BCUT2D eigenvalue weighted by Gasteiger charge is -2.26. The molecule has 0 N–H and O–H groups in total. The minimum absolute atomic E-state index is 0.231. The molecule has 2 bridgehead atoms. The number of hydrogen-bond acceptors (Lipinski definition) is 4. The number of imide groups is 1. The quantitative estimate of drug-likeness (QED) is 0.589. The normalized spacial score (nSPS) is 34.6. The fourth-order valence-electron chi connectivity index (χ4n) is 4.84. The van der Waals surface area contributed by atoms with Crippen LogP contribution < -0.4 is 4.90 Å². The van der Waals surface area contributed by atoms with Crippen molar-refractivity contribution in [3.63, 3.8) is 0 Å². The molecule has 5 rings (SSSR count). The van der Waals surface area contributed by atoms with E-state index >= 15 is 0 Å². The van der Waals surface area contributed by atoms with Gasteiger partial charge in [0.15, 0.2) is 0 Å². The van der Waals surface area contributed by atoms with Crippen LogP contribution in [-0.2, 0) is 14.3 Å². The molecule has 2 aromatic carbocycles. The van der Waals surface area contributed by atoms with E-state index in [4.69, 9.17) is 4.74 Å². The molecule has 2 fully saturated rings. The summed E-state index contributed by atoms with van der Waals surface area (Å²) in [5.74, 6) is -1.49. The van der Waals surface area contributed by atoms with E-state index in [1.54, 1.807) is 12.1 Å². The van der Waals surface area contributed by atoms with Crippen molar-refractivity contribution in [3.05, 3.63) is 54.1 Å². The summed E-state index contributed by atoms with van der Waals surface area (Å²) in [6.45, 7) is 3.73. The van der Waals surface area contributed by atoms with Crippen LogP contribution in [0.25, 0.3) is 10.8 Å². The molecule has 2 saturated heterocycles. The molecule has 3 aliphatic heterocycles. The van der Waals surface area contributed by atoms with Gasteiger partial charge in [-0.2, -0.15) is 5.26 Å². The highest BCUT2D eigenvalue weighted by atomic mass is 16.5. The molecular formula is C21H16N2O3. The van der Waals surface area contributed by atoms with Gasteiger partial charge in [0, 0.05) is 10.8 Å². The van der Waals surface area contributed by atoms with Crippen LogP contribution in [0.2, 0.25) is 0 Å². The number of nitrogens with zero attached hydrogens (tertiary/aromatic N) is 2. The van der Waals surface area contributed by atoms with Crippen LogP contribution in [0.5, 0.6) is 0 Å². The number of carbonyl (C=O) groups is 2. The van der Waals surface area contributed by atoms with Gasteiger partial charge in [-0.1, -0.05) is 36.4 Å². The highest BCUT2D eigenvalue weighted by molar-refractivity contribution is 6.26. The number of fused-ring (bicyclic) bond motifs is 6. The zero-order chi connectivity index (χ0) is 18.3. The van der Waals surface area contributed by atoms with Crippen molar-refractivity contribution in [2.45, 2.75) is 25.0 Å². The number of benzene rings is 2. The summed E-state index contributed by atoms with van der Waals surface area (Å²) in [4.78, 5) is 27.8. The molecule has 3 unspecified atom stereocenters. The van der Waals surface area contributed by atoms with Gasteiger partial charge in [0.1, 0.15) is 0 Å². The SMILES string of the molecule is CC12C=CC(C)(O1)[C@@H]1C(=O)N(c3ccc(C#N)c4ccccc34)C(=O)C12. The molecule has 2 amide bonds. The monoisotopic (exact) mass is 344 g/mol. The summed E-state index contributed by atoms with van der Waals surface area (Å²) in [5, 5.41) is 10.8. The van der Waals surface area contributed by atoms with E-state index in [1.807, 2.05) is 50.3 Å². The molecule has 3 aliphatic rings. The van der Waals surface area contributed by atoms with Gasteiger partial charge in [-0.25, -0.2) is 4.90 Å². The van der Waals surface area contributed by atoms with Gasteiger partial charge in [-0.3, -0.25) is 9.59 Å². The lowest BCUT2D eigenvalue weighted by Crippen LogP contribution is -2.39. The maximum atomic E-state index is 13.3. The number of anilines is 1. The predicted octanol–water partition coefficient (Wildman–Crippen LogP) is 2.93. The van der Waals surface area contributed by atoms with Crippen LogP contribution in [0.15, 0.2) is 48.6 Å². The molecule has 2 aromatic rings. The Morgan fingerprint density at radius 1 is 0.962 bits per heavy atom. The van der Waals surface area contributed by atoms with Crippen molar-refractivity contribution in [3.8, 4) is 6.07 Å². The van der Waals surface area contributed by atoms with Gasteiger partial charge in [0.25, 0.3) is 0 Å². The number of hydrogen-bond donors (Lipinski definition) is 0. The Kier molecular flexibility index (Phi) is 2.71. The number of carbonyl (C=O) groups excluding carboxylic acids is 2. The van der Waals surface area contributed by atoms with Gasteiger partial charge in [0.05, 0.1) is 40.4 Å². The molecular weight excluding hydrogens is 328 g/mol. The standard InChI is InChI=1S/C21H16N2O3/c1-20-9-10-21(2,26-20)17-16(20)18(24)23(19(17)25)15-8-7-12(11-22)13-5-3-4-6-14(13)15/h3-10,16-17H,1-2H3/t16-,17?,20?,21?/m0/s1. The summed E-state index contributed by atoms with van der Waals surface area (Å²) < 4.78 is 6.04. The Labute approximate surface area is 150 Å². The fourth-order valence-corrected chi connectivity index (χ4v) is 4.84. The minimum Gasteiger partial charge on any atom is -0.359 e. The van der Waals surface area contributed by atoms with E-state index in [9.17, 15) is 14.9 Å². The van der Waals surface area contributed by atoms with Crippen LogP contribution in [0.1, 0.15) is 19.4 Å². The van der Waals surface area contributed by atoms with Crippen molar-refractivity contribution < 1.29 is 14.3 Å². The van der Waals surface area contributed by atoms with Gasteiger partial charge in [-0.05, 0) is 26.0 Å². The third-order valence-electron chi connectivity index (χ3n) is 5.99. The second kappa shape index (κ2) is 4.60. The highest BCUT2D eigenvalue weighted by Gasteiger charge is 2.70. The topological polar surface area (TPSA) is 70.4 Å². The molecule has 128 valence electrons. The fraction of sp³-hybridized carbons (Fsp3) is 0.286. The van der Waals surface area contributed by atoms with Crippen LogP contribution in [0.3, 0.4) is 0 Å². The lowest BCUT2D eigenvalue weighted by atomic mass is 9.73. The van der Waals surface area contributed by atoms with Crippen molar-refractivity contribution in [1.82, 2.24) is 0 Å². The Balaban J connectivity index is 1.70. The van der Waals surface area contributed by atoms with Crippen LogP contribution in [0, 0.1) is 23.2 Å². The van der Waals surface area contributed by atoms with Crippen molar-refractivity contribution in [1.29, 1.82) is 5.26 Å². The average molecular weight is 344 g/mol. The van der Waals surface area contributed by atoms with Crippen LogP contribution in [0.4, 0.5) is 5.69 Å². The summed E-state index contributed by atoms with van der Waals surface area (Å²) >= 11 is 0. The third-order valence-corrected chi connectivity index (χ3v) is 5.99. The van der Waals surface area contributed by atoms with E-state index in [0.29, 0.717) is 11.3 Å². The van der Waals surface area contributed by atoms with Gasteiger partial charge < -0.3 is 4.74 Å². The van der Waals surface area contributed by atoms with E-state index in [-0.39, 0.29) is 11.8 Å². The number of rotatable bonds is 1. The third kappa shape index (κ3) is 1.63. The number of ether oxygens (including phenoxy) is 1. The van der Waals surface area contributed by atoms with Crippen molar-refractivity contribution >= 4 is 28.3 Å². The Morgan fingerprint density at radius 2 is 1.54 bits per heavy atom. The number of nitriles is 1. The maximum absolute atomic E-state index is 13.3. The molecule has 5 heteroatoms. The first-order valence-corrected chi connectivity index (χ1v) is 8.60. The molecule has 3 heterocycles. The molecule has 0 spiro atoms. The van der Waals surface area contributed by atoms with Crippen LogP contribution in [-0.4, -0.2) is 23.0 Å². The van der Waals surface area contributed by atoms with Gasteiger partial charge in [0.2, 0.25) is 11.8 Å². The average Bonchev–Trinajstić information content (AvgIpc) is 3.18. The number of amides is 2. The second-order valence-corrected chi connectivity index (χ2v) is 7.56. The molecule has 0 aromatic heterocycles. The molecule has 4 atom stereocenters. The maximum Gasteiger partial charge on any atom is 0.241 e. The van der Waals surface area contributed by atoms with E-state index in [0.717, 1.165) is 10.8 Å². The Morgan fingerprint density at radius 3 is 2.12 bits per heavy atom. The van der Waals surface area contributed by atoms with Crippen molar-refractivity contribution in [2.75, 3.05) is 4.90 Å². The molecule has 0 saturated carbocycles. The first kappa shape index (κ1) is 15.3. The summed E-state index contributed by atoms with van der Waals surface area (Å²) in [6, 6.07) is 12.9. The highest BCUT2D eigenvalue weighted by Crippen LogP contribution is 2.57. The first-order valence-electron chi connectivity index (χ1n) is 8.60. The Bertz CT molecular complexity index is 1050. The molecule has 0 radical (unpaired) electrons. The largest absolute Gasteiger partial charge is 0.359 e. The van der Waals surface area contributed by atoms with Gasteiger partial charge >= 0.3 is 0 Å². The summed E-state index contributed by atoms with van der Waals surface area (Å²) in [6.07, 6.45) is 3.81. The van der Waals surface area contributed by atoms with Crippen LogP contribution >= 0.6 is 0 Å². The van der Waals surface area contributed by atoms with E-state index in [1.165, 1.54) is 4.90 Å². The first-order chi connectivity index (χ1) is 12.4. The Hall–Kier alpha value is -2.97. The molecule has 0 aliphatic carbocycles.